The molecule has 1 aromatic rings. The molecule has 1 atom stereocenters. The molecular formula is C24H43BO3Si. The molecule has 5 heteroatoms. The molecule has 1 unspecified atom stereocenters. The van der Waals surface area contributed by atoms with E-state index in [4.69, 9.17) is 13.7 Å². The van der Waals surface area contributed by atoms with Crippen molar-refractivity contribution in [3.8, 4) is 5.75 Å². The van der Waals surface area contributed by atoms with Gasteiger partial charge in [-0.2, -0.15) is 0 Å². The van der Waals surface area contributed by atoms with Crippen molar-refractivity contribution in [2.24, 2.45) is 0 Å². The van der Waals surface area contributed by atoms with Gasteiger partial charge in [0.15, 0.2) is 0 Å². The molecule has 0 aliphatic carbocycles. The molecule has 0 spiro atoms. The quantitative estimate of drug-likeness (QED) is 0.411. The molecule has 0 amide bonds. The highest BCUT2D eigenvalue weighted by molar-refractivity contribution is 6.78. The maximum absolute atomic E-state index is 6.80. The second-order valence-corrected chi connectivity index (χ2v) is 16.2. The monoisotopic (exact) mass is 418 g/mol. The molecule has 1 aliphatic rings. The van der Waals surface area contributed by atoms with Gasteiger partial charge in [-0.3, -0.25) is 0 Å². The first-order chi connectivity index (χ1) is 13.2. The van der Waals surface area contributed by atoms with Gasteiger partial charge in [-0.1, -0.05) is 60.6 Å². The Kier molecular flexibility index (Phi) is 7.40. The fourth-order valence-electron chi connectivity index (χ4n) is 4.91. The lowest BCUT2D eigenvalue weighted by Crippen LogP contribution is -2.50. The maximum Gasteiger partial charge on any atom is 0.458 e. The van der Waals surface area contributed by atoms with E-state index in [0.717, 1.165) is 12.1 Å². The van der Waals surface area contributed by atoms with E-state index in [1.54, 1.807) is 0 Å². The standard InChI is InChI=1S/C24H43BO3Si/c1-17(2)29(18(3)4,19(5)6)26-22-14-12-21(13-15-22)20(7)16-25-27-23(8,9)24(10,11)28-25/h12-15,17-20H,16H2,1-11H3. The van der Waals surface area contributed by atoms with Gasteiger partial charge in [-0.15, -0.1) is 0 Å². The fraction of sp³-hybridized carbons (Fsp3) is 0.750. The number of benzene rings is 1. The Hall–Kier alpha value is -0.778. The van der Waals surface area contributed by atoms with Crippen molar-refractivity contribution in [2.75, 3.05) is 0 Å². The third-order valence-corrected chi connectivity index (χ3v) is 13.3. The Labute approximate surface area is 181 Å². The van der Waals surface area contributed by atoms with Crippen LogP contribution in [0.1, 0.15) is 87.6 Å². The van der Waals surface area contributed by atoms with Gasteiger partial charge in [-0.25, -0.2) is 0 Å². The second-order valence-electron chi connectivity index (χ2n) is 10.8. The lowest BCUT2D eigenvalue weighted by molar-refractivity contribution is 0.00578. The Morgan fingerprint density at radius 3 is 1.59 bits per heavy atom. The lowest BCUT2D eigenvalue weighted by atomic mass is 9.75. The first-order valence-corrected chi connectivity index (χ1v) is 13.5. The van der Waals surface area contributed by atoms with E-state index in [9.17, 15) is 0 Å². The van der Waals surface area contributed by atoms with E-state index in [2.05, 4.69) is 100 Å². The molecule has 1 fully saturated rings. The molecule has 1 aromatic carbocycles. The van der Waals surface area contributed by atoms with E-state index < -0.39 is 8.32 Å². The zero-order valence-corrected chi connectivity index (χ0v) is 21.6. The molecule has 3 nitrogen and oxygen atoms in total. The van der Waals surface area contributed by atoms with Crippen molar-refractivity contribution >= 4 is 15.4 Å². The minimum absolute atomic E-state index is 0.159. The second kappa shape index (κ2) is 8.76. The van der Waals surface area contributed by atoms with Crippen molar-refractivity contribution in [1.29, 1.82) is 0 Å². The molecule has 0 N–H and O–H groups in total. The van der Waals surface area contributed by atoms with Gasteiger partial charge >= 0.3 is 7.12 Å². The maximum atomic E-state index is 6.80. The van der Waals surface area contributed by atoms with Crippen molar-refractivity contribution < 1.29 is 13.7 Å². The number of hydrogen-bond donors (Lipinski definition) is 0. The van der Waals surface area contributed by atoms with Crippen LogP contribution in [-0.2, 0) is 9.31 Å². The fourth-order valence-corrected chi connectivity index (χ4v) is 10.2. The highest BCUT2D eigenvalue weighted by Gasteiger charge is 2.51. The summed E-state index contributed by atoms with van der Waals surface area (Å²) < 4.78 is 19.2. The summed E-state index contributed by atoms with van der Waals surface area (Å²) in [5, 5.41) is 0. The van der Waals surface area contributed by atoms with Crippen LogP contribution in [0.3, 0.4) is 0 Å². The van der Waals surface area contributed by atoms with Crippen molar-refractivity contribution in [2.45, 2.75) is 116 Å². The van der Waals surface area contributed by atoms with Gasteiger partial charge in [0.25, 0.3) is 8.32 Å². The van der Waals surface area contributed by atoms with Crippen LogP contribution < -0.4 is 4.43 Å². The van der Waals surface area contributed by atoms with Crippen LogP contribution in [0.4, 0.5) is 0 Å². The van der Waals surface area contributed by atoms with Crippen LogP contribution in [0.2, 0.25) is 22.9 Å². The predicted molar refractivity (Wildman–Crippen MR) is 127 cm³/mol. The molecular weight excluding hydrogens is 375 g/mol. The average Bonchev–Trinajstić information content (AvgIpc) is 2.78. The Morgan fingerprint density at radius 1 is 0.793 bits per heavy atom. The van der Waals surface area contributed by atoms with E-state index in [1.807, 2.05) is 0 Å². The summed E-state index contributed by atoms with van der Waals surface area (Å²) in [7, 11) is -2.07. The highest BCUT2D eigenvalue weighted by Crippen LogP contribution is 2.43. The summed E-state index contributed by atoms with van der Waals surface area (Å²) in [5.74, 6) is 1.38. The normalized spacial score (nSPS) is 20.0. The molecule has 2 rings (SSSR count). The molecule has 0 bridgehead atoms. The Bertz CT molecular complexity index is 629. The van der Waals surface area contributed by atoms with Gasteiger partial charge in [0.05, 0.1) is 11.2 Å². The number of rotatable bonds is 8. The van der Waals surface area contributed by atoms with E-state index in [0.29, 0.717) is 22.5 Å². The van der Waals surface area contributed by atoms with Gasteiger partial charge in [0, 0.05) is 0 Å². The van der Waals surface area contributed by atoms with Crippen LogP contribution >= 0.6 is 0 Å². The van der Waals surface area contributed by atoms with Gasteiger partial charge < -0.3 is 13.7 Å². The number of hydrogen-bond acceptors (Lipinski definition) is 3. The molecule has 1 aliphatic heterocycles. The summed E-state index contributed by atoms with van der Waals surface area (Å²) in [6.07, 6.45) is 0.857. The zero-order chi connectivity index (χ0) is 22.2. The Balaban J connectivity index is 2.10. The van der Waals surface area contributed by atoms with E-state index >= 15 is 0 Å². The summed E-state index contributed by atoms with van der Waals surface area (Å²) in [4.78, 5) is 0. The first-order valence-electron chi connectivity index (χ1n) is 11.4. The largest absolute Gasteiger partial charge is 0.543 e. The van der Waals surface area contributed by atoms with Crippen LogP contribution in [0.25, 0.3) is 0 Å². The van der Waals surface area contributed by atoms with Crippen molar-refractivity contribution in [1.82, 2.24) is 0 Å². The molecule has 164 valence electrons. The summed E-state index contributed by atoms with van der Waals surface area (Å²) >= 11 is 0. The molecule has 1 heterocycles. The van der Waals surface area contributed by atoms with E-state index in [-0.39, 0.29) is 18.3 Å². The first kappa shape index (κ1) is 24.5. The summed E-state index contributed by atoms with van der Waals surface area (Å²) in [6, 6.07) is 8.74. The van der Waals surface area contributed by atoms with Gasteiger partial charge in [-0.05, 0) is 74.3 Å². The van der Waals surface area contributed by atoms with E-state index in [1.165, 1.54) is 5.56 Å². The predicted octanol–water partition coefficient (Wildman–Crippen LogP) is 7.44. The van der Waals surface area contributed by atoms with Gasteiger partial charge in [0.2, 0.25) is 0 Å². The molecule has 29 heavy (non-hydrogen) atoms. The van der Waals surface area contributed by atoms with Crippen molar-refractivity contribution in [3.05, 3.63) is 29.8 Å². The van der Waals surface area contributed by atoms with Crippen LogP contribution in [0.15, 0.2) is 24.3 Å². The average molecular weight is 419 g/mol. The molecule has 0 radical (unpaired) electrons. The Morgan fingerprint density at radius 2 is 1.21 bits per heavy atom. The molecule has 0 aromatic heterocycles. The third kappa shape index (κ3) is 4.94. The highest BCUT2D eigenvalue weighted by atomic mass is 28.4. The minimum atomic E-state index is -1.91. The molecule has 0 saturated carbocycles. The van der Waals surface area contributed by atoms with Crippen molar-refractivity contribution in [3.63, 3.8) is 0 Å². The van der Waals surface area contributed by atoms with Crippen LogP contribution in [0.5, 0.6) is 5.75 Å². The third-order valence-electron chi connectivity index (χ3n) is 7.30. The minimum Gasteiger partial charge on any atom is -0.543 e. The smallest absolute Gasteiger partial charge is 0.458 e. The molecule has 1 saturated heterocycles. The zero-order valence-electron chi connectivity index (χ0n) is 20.6. The van der Waals surface area contributed by atoms with Gasteiger partial charge in [0.1, 0.15) is 5.75 Å². The van der Waals surface area contributed by atoms with Crippen LogP contribution in [-0.4, -0.2) is 26.6 Å². The topological polar surface area (TPSA) is 27.7 Å². The lowest BCUT2D eigenvalue weighted by Gasteiger charge is -2.42. The van der Waals surface area contributed by atoms with Crippen LogP contribution in [0, 0.1) is 0 Å². The summed E-state index contributed by atoms with van der Waals surface area (Å²) in [5.41, 5.74) is 2.48. The summed E-state index contributed by atoms with van der Waals surface area (Å²) in [6.45, 7) is 24.6. The SMILES string of the molecule is CC(CB1OC(C)(C)C(C)(C)O1)c1ccc(O[Si](C(C)C)(C(C)C)C(C)C)cc1.